The molecule has 0 atom stereocenters. The van der Waals surface area contributed by atoms with Gasteiger partial charge >= 0.3 is 0 Å². The van der Waals surface area contributed by atoms with Gasteiger partial charge in [0.25, 0.3) is 0 Å². The summed E-state index contributed by atoms with van der Waals surface area (Å²) in [6.07, 6.45) is 0. The Kier molecular flexibility index (Phi) is 10500. The van der Waals surface area contributed by atoms with Crippen LogP contribution in [0.5, 0.6) is 0 Å². The van der Waals surface area contributed by atoms with Gasteiger partial charge in [-0.05, 0) is 0 Å². The summed E-state index contributed by atoms with van der Waals surface area (Å²) >= 11 is 0. The predicted octanol–water partition coefficient (Wildman–Crippen LogP) is -13.9. The predicted molar refractivity (Wildman–Crippen MR) is 21.7 cm³/mol. The van der Waals surface area contributed by atoms with Crippen LogP contribution in [0.3, 0.4) is 0 Å². The molecule has 10 heavy (non-hydrogen) atoms. The van der Waals surface area contributed by atoms with Crippen LogP contribution in [0.15, 0.2) is 0 Å². The average Bonchev–Trinajstić information content (AvgIpc) is 0. The summed E-state index contributed by atoms with van der Waals surface area (Å²) in [5.74, 6) is 0. The summed E-state index contributed by atoms with van der Waals surface area (Å²) in [5.41, 5.74) is 0. The maximum absolute atomic E-state index is 0. The van der Waals surface area contributed by atoms with E-state index in [1.54, 1.807) is 0 Å². The quantitative estimate of drug-likeness (QED) is 0.394. The molecular weight excluding hydrogens is 353 g/mol. The van der Waals surface area contributed by atoms with Crippen LogP contribution in [0.1, 0.15) is 0 Å². The molecule has 0 heterocycles. The molecule has 0 aromatic rings. The van der Waals surface area contributed by atoms with E-state index in [4.69, 9.17) is 0 Å². The van der Waals surface area contributed by atoms with Gasteiger partial charge in [-0.1, -0.05) is 0 Å². The second-order valence-electron chi connectivity index (χ2n) is 0. The minimum absolute atomic E-state index is 0. The smallest absolute Gasteiger partial charge is 0 e. The number of hydrogen-bond donors (Lipinski definition) is 0. The van der Waals surface area contributed by atoms with Crippen molar-refractivity contribution in [1.29, 1.82) is 0 Å². The van der Waals surface area contributed by atoms with Crippen molar-refractivity contribution < 1.29 is 110 Å². The molecular formula is H12Cl3O6Sm-3. The molecule has 12 N–H and O–H groups in total. The van der Waals surface area contributed by atoms with Crippen molar-refractivity contribution in [3.63, 3.8) is 0 Å². The van der Waals surface area contributed by atoms with E-state index >= 15 is 0 Å². The van der Waals surface area contributed by atoms with Gasteiger partial charge in [-0.2, -0.15) is 0 Å². The van der Waals surface area contributed by atoms with Crippen molar-refractivity contribution >= 4 is 0 Å². The van der Waals surface area contributed by atoms with Crippen LogP contribution in [0.25, 0.3) is 0 Å². The molecule has 0 spiro atoms. The number of halogens is 3. The molecule has 0 unspecified atom stereocenters. The minimum Gasteiger partial charge on any atom is -1.00 e. The monoisotopic (exact) mass is 365 g/mol. The molecule has 0 aromatic carbocycles. The van der Waals surface area contributed by atoms with Gasteiger partial charge in [0.15, 0.2) is 0 Å². The zero-order chi connectivity index (χ0) is 0. The second kappa shape index (κ2) is 281. The second-order valence-corrected chi connectivity index (χ2v) is 0. The molecule has 0 aliphatic carbocycles. The first-order valence-corrected chi connectivity index (χ1v) is 0. The Hall–Kier alpha value is 1.97. The van der Waals surface area contributed by atoms with Crippen LogP contribution >= 0.6 is 0 Å². The Bertz CT molecular complexity index is 13.0. The Balaban J connectivity index is 0. The molecule has 0 rings (SSSR count). The summed E-state index contributed by atoms with van der Waals surface area (Å²) in [6, 6.07) is 0. The van der Waals surface area contributed by atoms with Gasteiger partial charge in [-0.3, -0.25) is 0 Å². The van der Waals surface area contributed by atoms with E-state index in [1.165, 1.54) is 0 Å². The van der Waals surface area contributed by atoms with E-state index in [-0.39, 0.29) is 110 Å². The first-order chi connectivity index (χ1) is 0. The fourth-order valence-electron chi connectivity index (χ4n) is 0. The first-order valence-electron chi connectivity index (χ1n) is 0. The summed E-state index contributed by atoms with van der Waals surface area (Å²) < 4.78 is 0. The van der Waals surface area contributed by atoms with Gasteiger partial charge in [0, 0.05) is 40.4 Å². The Morgan fingerprint density at radius 2 is 0.300 bits per heavy atom. The molecule has 0 amide bonds. The van der Waals surface area contributed by atoms with Crippen LogP contribution in [-0.2, 0) is 0 Å². The van der Waals surface area contributed by atoms with Crippen LogP contribution in [0, 0.1) is 40.4 Å². The molecule has 0 aliphatic rings. The summed E-state index contributed by atoms with van der Waals surface area (Å²) in [7, 11) is 0. The molecule has 0 saturated carbocycles. The largest absolute Gasteiger partial charge is 1.00 e. The van der Waals surface area contributed by atoms with Crippen LogP contribution in [0.4, 0.5) is 0 Å². The Morgan fingerprint density at radius 3 is 0.300 bits per heavy atom. The molecule has 0 saturated heterocycles. The summed E-state index contributed by atoms with van der Waals surface area (Å²) in [4.78, 5) is 0. The fraction of sp³-hybridized carbons (Fsp3) is 0. The van der Waals surface area contributed by atoms with Gasteiger partial charge in [-0.25, -0.2) is 0 Å². The third-order valence-electron chi connectivity index (χ3n) is 0. The van der Waals surface area contributed by atoms with E-state index in [0.29, 0.717) is 0 Å². The third kappa shape index (κ3) is 207. The standard InChI is InChI=1S/3ClH.6H2O.Sm/h3*1H;6*1H2;/p-3. The van der Waals surface area contributed by atoms with Crippen molar-refractivity contribution in [1.82, 2.24) is 0 Å². The van der Waals surface area contributed by atoms with Gasteiger partial charge in [-0.15, -0.1) is 0 Å². The SMILES string of the molecule is O.O.O.O.O.O.[Cl-].[Cl-].[Cl-].[Sm]. The number of hydrogen-bond acceptors (Lipinski definition) is 0. The van der Waals surface area contributed by atoms with E-state index < -0.39 is 0 Å². The normalized spacial score (nSPS) is 0. The van der Waals surface area contributed by atoms with Gasteiger partial charge in [0.2, 0.25) is 0 Å². The van der Waals surface area contributed by atoms with Crippen LogP contribution in [-0.4, -0.2) is 32.9 Å². The molecule has 0 aromatic heterocycles. The van der Waals surface area contributed by atoms with Crippen molar-refractivity contribution in [3.8, 4) is 0 Å². The van der Waals surface area contributed by atoms with Crippen molar-refractivity contribution in [2.45, 2.75) is 0 Å². The first kappa shape index (κ1) is 372. The molecule has 0 bridgehead atoms. The molecule has 0 radical (unpaired) electrons. The van der Waals surface area contributed by atoms with Crippen molar-refractivity contribution in [2.75, 3.05) is 0 Å². The zero-order valence-electron chi connectivity index (χ0n) is 4.54. The van der Waals surface area contributed by atoms with Crippen LogP contribution < -0.4 is 37.2 Å². The van der Waals surface area contributed by atoms with Crippen molar-refractivity contribution in [2.24, 2.45) is 0 Å². The van der Waals surface area contributed by atoms with E-state index in [1.807, 2.05) is 0 Å². The summed E-state index contributed by atoms with van der Waals surface area (Å²) in [6.45, 7) is 0. The minimum atomic E-state index is 0. The fourth-order valence-corrected chi connectivity index (χ4v) is 0. The molecule has 0 aliphatic heterocycles. The van der Waals surface area contributed by atoms with Gasteiger partial charge in [0.1, 0.15) is 0 Å². The molecule has 6 nitrogen and oxygen atoms in total. The third-order valence-corrected chi connectivity index (χ3v) is 0. The van der Waals surface area contributed by atoms with Gasteiger partial charge in [0.05, 0.1) is 0 Å². The zero-order valence-corrected chi connectivity index (χ0v) is 9.43. The number of rotatable bonds is 0. The maximum Gasteiger partial charge on any atom is 0 e. The average molecular weight is 365 g/mol. The molecule has 10 heteroatoms. The van der Waals surface area contributed by atoms with Crippen LogP contribution in [0.2, 0.25) is 0 Å². The van der Waals surface area contributed by atoms with E-state index in [0.717, 1.165) is 0 Å². The Morgan fingerprint density at radius 1 is 0.300 bits per heavy atom. The van der Waals surface area contributed by atoms with E-state index in [9.17, 15) is 0 Å². The summed E-state index contributed by atoms with van der Waals surface area (Å²) in [5, 5.41) is 0. The maximum atomic E-state index is 0. The topological polar surface area (TPSA) is 189 Å². The molecule has 78 valence electrons. The molecule has 0 fully saturated rings. The Labute approximate surface area is 109 Å². The van der Waals surface area contributed by atoms with Gasteiger partial charge < -0.3 is 70.1 Å². The van der Waals surface area contributed by atoms with E-state index in [2.05, 4.69) is 0 Å². The van der Waals surface area contributed by atoms with Crippen molar-refractivity contribution in [3.05, 3.63) is 0 Å².